The molecule has 1 heterocycles. The predicted molar refractivity (Wildman–Crippen MR) is 72.0 cm³/mol. The summed E-state index contributed by atoms with van der Waals surface area (Å²) < 4.78 is 13.0. The largest absolute Gasteiger partial charge is 0.383 e. The molecule has 1 aliphatic rings. The van der Waals surface area contributed by atoms with E-state index in [1.807, 2.05) is 18.2 Å². The van der Waals surface area contributed by atoms with Crippen LogP contribution in [0.4, 0.5) is 4.39 Å². The van der Waals surface area contributed by atoms with Crippen LogP contribution in [0.25, 0.3) is 0 Å². The lowest BCUT2D eigenvalue weighted by molar-refractivity contribution is 0.0177. The molecule has 0 amide bonds. The lowest BCUT2D eigenvalue weighted by Gasteiger charge is -2.31. The molecule has 2 nitrogen and oxygen atoms in total. The number of hydrogen-bond acceptors (Lipinski definition) is 2. The van der Waals surface area contributed by atoms with Gasteiger partial charge in [-0.2, -0.15) is 0 Å². The molecule has 2 unspecified atom stereocenters. The van der Waals surface area contributed by atoms with Crippen LogP contribution in [0.3, 0.4) is 0 Å². The molecule has 19 heavy (non-hydrogen) atoms. The molecule has 2 aromatic carbocycles. The van der Waals surface area contributed by atoms with Gasteiger partial charge in [-0.05, 0) is 35.7 Å². The average Bonchev–Trinajstić information content (AvgIpc) is 2.83. The molecule has 0 aliphatic carbocycles. The fourth-order valence-corrected chi connectivity index (χ4v) is 2.75. The van der Waals surface area contributed by atoms with Crippen LogP contribution in [0.5, 0.6) is 0 Å². The Morgan fingerprint density at radius 2 is 1.84 bits per heavy atom. The van der Waals surface area contributed by atoms with Crippen molar-refractivity contribution in [2.45, 2.75) is 25.1 Å². The monoisotopic (exact) mass is 257 g/mol. The van der Waals surface area contributed by atoms with Crippen molar-refractivity contribution in [1.82, 2.24) is 5.32 Å². The third kappa shape index (κ3) is 2.05. The summed E-state index contributed by atoms with van der Waals surface area (Å²) in [5, 5.41) is 14.2. The summed E-state index contributed by atoms with van der Waals surface area (Å²) in [6.45, 7) is 2.51. The van der Waals surface area contributed by atoms with Gasteiger partial charge in [0, 0.05) is 6.54 Å². The standard InChI is InChI=1S/C16H16FNO/c1-16(19,12-6-8-13(17)9-7-12)15-14-5-3-2-4-11(14)10-18-15/h2-9,15,18-19H,10H2,1H3. The average molecular weight is 257 g/mol. The highest BCUT2D eigenvalue weighted by atomic mass is 19.1. The van der Waals surface area contributed by atoms with Gasteiger partial charge in [-0.1, -0.05) is 36.4 Å². The summed E-state index contributed by atoms with van der Waals surface area (Å²) in [7, 11) is 0. The van der Waals surface area contributed by atoms with Crippen LogP contribution >= 0.6 is 0 Å². The lowest BCUT2D eigenvalue weighted by Crippen LogP contribution is -2.35. The first-order valence-electron chi connectivity index (χ1n) is 6.38. The van der Waals surface area contributed by atoms with E-state index in [2.05, 4.69) is 11.4 Å². The van der Waals surface area contributed by atoms with Gasteiger partial charge in [-0.25, -0.2) is 4.39 Å². The number of rotatable bonds is 2. The smallest absolute Gasteiger partial charge is 0.123 e. The number of halogens is 1. The van der Waals surface area contributed by atoms with Crippen LogP contribution in [0.15, 0.2) is 48.5 Å². The molecule has 0 aromatic heterocycles. The summed E-state index contributed by atoms with van der Waals surface area (Å²) in [5.41, 5.74) is 1.95. The van der Waals surface area contributed by atoms with Crippen LogP contribution in [-0.2, 0) is 12.1 Å². The van der Waals surface area contributed by atoms with Crippen molar-refractivity contribution in [3.05, 3.63) is 71.0 Å². The van der Waals surface area contributed by atoms with Gasteiger partial charge in [0.05, 0.1) is 6.04 Å². The minimum Gasteiger partial charge on any atom is -0.383 e. The van der Waals surface area contributed by atoms with E-state index in [9.17, 15) is 9.50 Å². The van der Waals surface area contributed by atoms with E-state index in [0.717, 1.165) is 12.1 Å². The van der Waals surface area contributed by atoms with Crippen molar-refractivity contribution in [1.29, 1.82) is 0 Å². The Labute approximate surface area is 111 Å². The Balaban J connectivity index is 2.00. The zero-order chi connectivity index (χ0) is 13.5. The molecule has 3 rings (SSSR count). The van der Waals surface area contributed by atoms with E-state index in [1.165, 1.54) is 17.7 Å². The number of fused-ring (bicyclic) bond motifs is 1. The van der Waals surface area contributed by atoms with E-state index in [-0.39, 0.29) is 11.9 Å². The van der Waals surface area contributed by atoms with E-state index in [4.69, 9.17) is 0 Å². The van der Waals surface area contributed by atoms with Gasteiger partial charge in [0.2, 0.25) is 0 Å². The molecule has 2 aromatic rings. The van der Waals surface area contributed by atoms with Gasteiger partial charge in [-0.3, -0.25) is 0 Å². The molecule has 2 atom stereocenters. The zero-order valence-corrected chi connectivity index (χ0v) is 10.7. The SMILES string of the molecule is CC(O)(c1ccc(F)cc1)C1NCc2ccccc21. The topological polar surface area (TPSA) is 32.3 Å². The molecule has 0 saturated carbocycles. The minimum atomic E-state index is -1.07. The fourth-order valence-electron chi connectivity index (χ4n) is 2.75. The maximum Gasteiger partial charge on any atom is 0.123 e. The van der Waals surface area contributed by atoms with Crippen LogP contribution < -0.4 is 5.32 Å². The van der Waals surface area contributed by atoms with Crippen molar-refractivity contribution in [3.63, 3.8) is 0 Å². The zero-order valence-electron chi connectivity index (χ0n) is 10.7. The molecule has 0 bridgehead atoms. The Morgan fingerprint density at radius 1 is 1.16 bits per heavy atom. The lowest BCUT2D eigenvalue weighted by atomic mass is 9.84. The van der Waals surface area contributed by atoms with Crippen molar-refractivity contribution in [2.24, 2.45) is 0 Å². The predicted octanol–water partition coefficient (Wildman–Crippen LogP) is 2.88. The summed E-state index contributed by atoms with van der Waals surface area (Å²) in [4.78, 5) is 0. The number of hydrogen-bond donors (Lipinski definition) is 2. The van der Waals surface area contributed by atoms with E-state index >= 15 is 0 Å². The molecule has 1 aliphatic heterocycles. The maximum atomic E-state index is 13.0. The molecule has 2 N–H and O–H groups in total. The summed E-state index contributed by atoms with van der Waals surface area (Å²) in [5.74, 6) is -0.292. The molecule has 0 saturated heterocycles. The van der Waals surface area contributed by atoms with Crippen molar-refractivity contribution in [2.75, 3.05) is 0 Å². The normalized spacial score (nSPS) is 20.9. The minimum absolute atomic E-state index is 0.172. The Hall–Kier alpha value is -1.71. The Morgan fingerprint density at radius 3 is 2.58 bits per heavy atom. The van der Waals surface area contributed by atoms with Crippen LogP contribution in [-0.4, -0.2) is 5.11 Å². The van der Waals surface area contributed by atoms with Crippen molar-refractivity contribution in [3.8, 4) is 0 Å². The third-order valence-electron chi connectivity index (χ3n) is 3.85. The second-order valence-electron chi connectivity index (χ2n) is 5.17. The molecular weight excluding hydrogens is 241 g/mol. The van der Waals surface area contributed by atoms with Gasteiger partial charge in [0.25, 0.3) is 0 Å². The molecule has 0 radical (unpaired) electrons. The van der Waals surface area contributed by atoms with Gasteiger partial charge >= 0.3 is 0 Å². The summed E-state index contributed by atoms with van der Waals surface area (Å²) >= 11 is 0. The highest BCUT2D eigenvalue weighted by molar-refractivity contribution is 5.38. The first-order chi connectivity index (χ1) is 9.09. The highest BCUT2D eigenvalue weighted by Gasteiger charge is 2.38. The van der Waals surface area contributed by atoms with Gasteiger partial charge in [-0.15, -0.1) is 0 Å². The fraction of sp³-hybridized carbons (Fsp3) is 0.250. The summed E-state index contributed by atoms with van der Waals surface area (Å²) in [6, 6.07) is 13.9. The maximum absolute atomic E-state index is 13.0. The first kappa shape index (κ1) is 12.3. The van der Waals surface area contributed by atoms with Crippen molar-refractivity contribution >= 4 is 0 Å². The van der Waals surface area contributed by atoms with E-state index < -0.39 is 5.60 Å². The first-order valence-corrected chi connectivity index (χ1v) is 6.38. The Kier molecular flexibility index (Phi) is 2.88. The van der Waals surface area contributed by atoms with Gasteiger partial charge in [0.1, 0.15) is 11.4 Å². The number of aliphatic hydroxyl groups is 1. The van der Waals surface area contributed by atoms with Gasteiger partial charge in [0.15, 0.2) is 0 Å². The second-order valence-corrected chi connectivity index (χ2v) is 5.17. The molecule has 98 valence electrons. The quantitative estimate of drug-likeness (QED) is 0.867. The van der Waals surface area contributed by atoms with Crippen molar-refractivity contribution < 1.29 is 9.50 Å². The Bertz CT molecular complexity index is 592. The number of benzene rings is 2. The van der Waals surface area contributed by atoms with Crippen LogP contribution in [0, 0.1) is 5.82 Å². The molecule has 0 fully saturated rings. The molecule has 3 heteroatoms. The highest BCUT2D eigenvalue weighted by Crippen LogP contribution is 2.39. The molecule has 0 spiro atoms. The van der Waals surface area contributed by atoms with E-state index in [0.29, 0.717) is 5.56 Å². The second kappa shape index (κ2) is 4.44. The van der Waals surface area contributed by atoms with Crippen LogP contribution in [0.2, 0.25) is 0 Å². The third-order valence-corrected chi connectivity index (χ3v) is 3.85. The van der Waals surface area contributed by atoms with Crippen LogP contribution in [0.1, 0.15) is 29.7 Å². The summed E-state index contributed by atoms with van der Waals surface area (Å²) in [6.07, 6.45) is 0. The number of nitrogens with one attached hydrogen (secondary N) is 1. The van der Waals surface area contributed by atoms with Gasteiger partial charge < -0.3 is 10.4 Å². The molecular formula is C16H16FNO. The van der Waals surface area contributed by atoms with E-state index in [1.54, 1.807) is 19.1 Å².